The Hall–Kier alpha value is -1.46. The van der Waals surface area contributed by atoms with E-state index in [1.165, 1.54) is 0 Å². The van der Waals surface area contributed by atoms with Gasteiger partial charge in [-0.25, -0.2) is 0 Å². The van der Waals surface area contributed by atoms with Gasteiger partial charge in [0.15, 0.2) is 0 Å². The molecule has 2 atom stereocenters. The lowest BCUT2D eigenvalue weighted by atomic mass is 10.1. The van der Waals surface area contributed by atoms with Crippen molar-refractivity contribution in [3.05, 3.63) is 30.1 Å². The van der Waals surface area contributed by atoms with E-state index in [0.717, 1.165) is 12.2 Å². The first-order valence-corrected chi connectivity index (χ1v) is 6.68. The highest BCUT2D eigenvalue weighted by atomic mass is 16.2. The molecule has 0 aromatic carbocycles. The van der Waals surface area contributed by atoms with Crippen molar-refractivity contribution in [3.8, 4) is 0 Å². The van der Waals surface area contributed by atoms with Crippen molar-refractivity contribution in [3.63, 3.8) is 0 Å². The van der Waals surface area contributed by atoms with Crippen molar-refractivity contribution in [2.45, 2.75) is 25.6 Å². The van der Waals surface area contributed by atoms with Gasteiger partial charge in [0.05, 0.1) is 12.2 Å². The van der Waals surface area contributed by atoms with Crippen molar-refractivity contribution in [2.24, 2.45) is 0 Å². The SMILES string of the molecule is CNCC1C(=O)N(Cc2ccccn2)C(C)CN1C. The third-order valence-corrected chi connectivity index (χ3v) is 3.64. The molecule has 2 rings (SSSR count). The van der Waals surface area contributed by atoms with Gasteiger partial charge in [-0.2, -0.15) is 0 Å². The minimum atomic E-state index is -0.0788. The number of piperazine rings is 1. The molecule has 1 N–H and O–H groups in total. The van der Waals surface area contributed by atoms with Crippen molar-refractivity contribution in [1.82, 2.24) is 20.1 Å². The van der Waals surface area contributed by atoms with Gasteiger partial charge in [0, 0.05) is 25.3 Å². The van der Waals surface area contributed by atoms with E-state index >= 15 is 0 Å². The number of nitrogens with one attached hydrogen (secondary N) is 1. The number of carbonyl (C=O) groups is 1. The summed E-state index contributed by atoms with van der Waals surface area (Å²) in [6, 6.07) is 5.95. The standard InChI is InChI=1S/C14H22N4O/c1-11-9-17(3)13(8-15-2)14(19)18(11)10-12-6-4-5-7-16-12/h4-7,11,13,15H,8-10H2,1-3H3. The second kappa shape index (κ2) is 6.12. The maximum absolute atomic E-state index is 12.6. The van der Waals surface area contributed by atoms with Crippen LogP contribution in [0.3, 0.4) is 0 Å². The second-order valence-electron chi connectivity index (χ2n) is 5.15. The van der Waals surface area contributed by atoms with Crippen LogP contribution in [0.25, 0.3) is 0 Å². The molecule has 104 valence electrons. The highest BCUT2D eigenvalue weighted by Gasteiger charge is 2.36. The summed E-state index contributed by atoms with van der Waals surface area (Å²) in [5.74, 6) is 0.182. The smallest absolute Gasteiger partial charge is 0.241 e. The molecule has 1 saturated heterocycles. The largest absolute Gasteiger partial charge is 0.331 e. The zero-order valence-electron chi connectivity index (χ0n) is 11.8. The number of aromatic nitrogens is 1. The van der Waals surface area contributed by atoms with E-state index in [1.54, 1.807) is 6.20 Å². The summed E-state index contributed by atoms with van der Waals surface area (Å²) >= 11 is 0. The Kier molecular flexibility index (Phi) is 4.50. The lowest BCUT2D eigenvalue weighted by Gasteiger charge is -2.43. The molecule has 1 aromatic heterocycles. The summed E-state index contributed by atoms with van der Waals surface area (Å²) in [6.07, 6.45) is 1.77. The fourth-order valence-corrected chi connectivity index (χ4v) is 2.58. The third-order valence-electron chi connectivity index (χ3n) is 3.64. The summed E-state index contributed by atoms with van der Waals surface area (Å²) < 4.78 is 0. The maximum atomic E-state index is 12.6. The molecule has 0 saturated carbocycles. The van der Waals surface area contributed by atoms with E-state index in [0.29, 0.717) is 13.1 Å². The molecule has 1 aliphatic heterocycles. The van der Waals surface area contributed by atoms with Gasteiger partial charge in [-0.15, -0.1) is 0 Å². The molecule has 0 aliphatic carbocycles. The molecule has 0 spiro atoms. The molecule has 0 bridgehead atoms. The number of amides is 1. The number of pyridine rings is 1. The topological polar surface area (TPSA) is 48.5 Å². The summed E-state index contributed by atoms with van der Waals surface area (Å²) in [7, 11) is 3.89. The van der Waals surface area contributed by atoms with Crippen LogP contribution in [-0.4, -0.2) is 60.0 Å². The van der Waals surface area contributed by atoms with Crippen LogP contribution in [0.2, 0.25) is 0 Å². The molecule has 0 radical (unpaired) electrons. The summed E-state index contributed by atoms with van der Waals surface area (Å²) in [5.41, 5.74) is 0.940. The Bertz CT molecular complexity index is 423. The molecule has 19 heavy (non-hydrogen) atoms. The minimum absolute atomic E-state index is 0.0788. The highest BCUT2D eigenvalue weighted by molar-refractivity contribution is 5.83. The van der Waals surface area contributed by atoms with Crippen LogP contribution in [-0.2, 0) is 11.3 Å². The van der Waals surface area contributed by atoms with Gasteiger partial charge in [-0.1, -0.05) is 6.07 Å². The Morgan fingerprint density at radius 2 is 2.26 bits per heavy atom. The quantitative estimate of drug-likeness (QED) is 0.849. The van der Waals surface area contributed by atoms with Crippen LogP contribution in [0.15, 0.2) is 24.4 Å². The van der Waals surface area contributed by atoms with Gasteiger partial charge < -0.3 is 10.2 Å². The molecule has 1 aliphatic rings. The maximum Gasteiger partial charge on any atom is 0.241 e. The molecule has 5 heteroatoms. The summed E-state index contributed by atoms with van der Waals surface area (Å²) in [5, 5.41) is 3.09. The van der Waals surface area contributed by atoms with Gasteiger partial charge in [-0.05, 0) is 33.2 Å². The highest BCUT2D eigenvalue weighted by Crippen LogP contribution is 2.17. The van der Waals surface area contributed by atoms with Crippen LogP contribution >= 0.6 is 0 Å². The van der Waals surface area contributed by atoms with E-state index in [2.05, 4.69) is 22.1 Å². The molecule has 5 nitrogen and oxygen atoms in total. The normalized spacial score (nSPS) is 24.8. The van der Waals surface area contributed by atoms with Crippen molar-refractivity contribution in [2.75, 3.05) is 27.2 Å². The zero-order valence-corrected chi connectivity index (χ0v) is 11.8. The van der Waals surface area contributed by atoms with Gasteiger partial charge in [0.2, 0.25) is 5.91 Å². The average molecular weight is 262 g/mol. The van der Waals surface area contributed by atoms with E-state index in [9.17, 15) is 4.79 Å². The van der Waals surface area contributed by atoms with Crippen LogP contribution < -0.4 is 5.32 Å². The lowest BCUT2D eigenvalue weighted by molar-refractivity contribution is -0.145. The number of likely N-dealkylation sites (N-methyl/N-ethyl adjacent to an activating group) is 2. The van der Waals surface area contributed by atoms with E-state index in [-0.39, 0.29) is 18.0 Å². The lowest BCUT2D eigenvalue weighted by Crippen LogP contribution is -2.61. The molecular weight excluding hydrogens is 240 g/mol. The van der Waals surface area contributed by atoms with Crippen LogP contribution in [0, 0.1) is 0 Å². The van der Waals surface area contributed by atoms with E-state index in [1.807, 2.05) is 37.2 Å². The number of hydrogen-bond acceptors (Lipinski definition) is 4. The molecule has 1 aromatic rings. The van der Waals surface area contributed by atoms with Crippen LogP contribution in [0.4, 0.5) is 0 Å². The molecule has 1 amide bonds. The Labute approximate surface area is 114 Å². The van der Waals surface area contributed by atoms with Crippen molar-refractivity contribution in [1.29, 1.82) is 0 Å². The number of hydrogen-bond donors (Lipinski definition) is 1. The molecule has 2 heterocycles. The van der Waals surface area contributed by atoms with E-state index < -0.39 is 0 Å². The molecule has 2 unspecified atom stereocenters. The number of rotatable bonds is 4. The number of nitrogens with zero attached hydrogens (tertiary/aromatic N) is 3. The predicted octanol–water partition coefficient (Wildman–Crippen LogP) is 0.332. The van der Waals surface area contributed by atoms with Gasteiger partial charge in [-0.3, -0.25) is 14.7 Å². The zero-order chi connectivity index (χ0) is 13.8. The summed E-state index contributed by atoms with van der Waals surface area (Å²) in [6.45, 7) is 4.26. The van der Waals surface area contributed by atoms with Gasteiger partial charge in [0.25, 0.3) is 0 Å². The Morgan fingerprint density at radius 1 is 1.47 bits per heavy atom. The Balaban J connectivity index is 2.12. The second-order valence-corrected chi connectivity index (χ2v) is 5.15. The van der Waals surface area contributed by atoms with E-state index in [4.69, 9.17) is 0 Å². The first-order chi connectivity index (χ1) is 9.13. The number of carbonyl (C=O) groups excluding carboxylic acids is 1. The fourth-order valence-electron chi connectivity index (χ4n) is 2.58. The molecular formula is C14H22N4O. The average Bonchev–Trinajstić information content (AvgIpc) is 2.41. The van der Waals surface area contributed by atoms with Crippen molar-refractivity contribution < 1.29 is 4.79 Å². The predicted molar refractivity (Wildman–Crippen MR) is 74.6 cm³/mol. The van der Waals surface area contributed by atoms with Crippen LogP contribution in [0.5, 0.6) is 0 Å². The van der Waals surface area contributed by atoms with Gasteiger partial charge >= 0.3 is 0 Å². The van der Waals surface area contributed by atoms with Crippen LogP contribution in [0.1, 0.15) is 12.6 Å². The summed E-state index contributed by atoms with van der Waals surface area (Å²) in [4.78, 5) is 20.9. The molecule has 1 fully saturated rings. The first kappa shape index (κ1) is 14.0. The minimum Gasteiger partial charge on any atom is -0.331 e. The van der Waals surface area contributed by atoms with Crippen molar-refractivity contribution >= 4 is 5.91 Å². The monoisotopic (exact) mass is 262 g/mol. The Morgan fingerprint density at radius 3 is 2.89 bits per heavy atom. The fraction of sp³-hybridized carbons (Fsp3) is 0.571. The van der Waals surface area contributed by atoms with Gasteiger partial charge in [0.1, 0.15) is 6.04 Å². The third kappa shape index (κ3) is 3.11. The first-order valence-electron chi connectivity index (χ1n) is 6.68.